The molecule has 0 aliphatic carbocycles. The van der Waals surface area contributed by atoms with Crippen molar-refractivity contribution in [3.8, 4) is 10.4 Å². The second kappa shape index (κ2) is 6.95. The predicted molar refractivity (Wildman–Crippen MR) is 113 cm³/mol. The first-order chi connectivity index (χ1) is 14.8. The molecule has 1 fully saturated rings. The molecular formula is C21H15FN4O3S2. The molecule has 0 saturated carbocycles. The average molecular weight is 455 g/mol. The number of nitrogens with zero attached hydrogens (tertiary/aromatic N) is 3. The summed E-state index contributed by atoms with van der Waals surface area (Å²) < 4.78 is 40.9. The number of fused-ring (bicyclic) bond motifs is 2. The largest absolute Gasteiger partial charge is 0.325 e. The number of sulfonamides is 1. The molecule has 1 saturated heterocycles. The molecule has 3 heterocycles. The minimum atomic E-state index is -4.11. The van der Waals surface area contributed by atoms with Crippen LogP contribution in [0.2, 0.25) is 0 Å². The summed E-state index contributed by atoms with van der Waals surface area (Å²) in [7, 11) is -4.11. The van der Waals surface area contributed by atoms with Crippen LogP contribution in [-0.2, 0) is 20.2 Å². The first-order valence-corrected chi connectivity index (χ1v) is 11.6. The lowest BCUT2D eigenvalue weighted by Crippen LogP contribution is -2.39. The highest BCUT2D eigenvalue weighted by Gasteiger charge is 2.60. The summed E-state index contributed by atoms with van der Waals surface area (Å²) in [5, 5.41) is 2.81. The molecule has 7 nitrogen and oxygen atoms in total. The van der Waals surface area contributed by atoms with Gasteiger partial charge in [0.1, 0.15) is 5.82 Å². The van der Waals surface area contributed by atoms with E-state index in [4.69, 9.17) is 6.57 Å². The lowest BCUT2D eigenvalue weighted by molar-refractivity contribution is -0.120. The van der Waals surface area contributed by atoms with E-state index in [-0.39, 0.29) is 23.2 Å². The summed E-state index contributed by atoms with van der Waals surface area (Å²) in [5.41, 5.74) is 0.889. The first-order valence-electron chi connectivity index (χ1n) is 9.36. The van der Waals surface area contributed by atoms with Gasteiger partial charge in [-0.1, -0.05) is 30.3 Å². The Morgan fingerprint density at radius 2 is 1.97 bits per heavy atom. The number of amides is 1. The summed E-state index contributed by atoms with van der Waals surface area (Å²) in [6.07, 6.45) is 0.482. The van der Waals surface area contributed by atoms with Crippen molar-refractivity contribution in [1.29, 1.82) is 0 Å². The van der Waals surface area contributed by atoms with Crippen LogP contribution in [0.3, 0.4) is 0 Å². The quantitative estimate of drug-likeness (QED) is 0.615. The minimum Gasteiger partial charge on any atom is -0.325 e. The molecule has 2 atom stereocenters. The molecule has 1 aromatic heterocycles. The molecule has 0 unspecified atom stereocenters. The Balaban J connectivity index is 1.52. The molecule has 0 radical (unpaired) electrons. The van der Waals surface area contributed by atoms with Crippen LogP contribution < -0.4 is 5.32 Å². The Morgan fingerprint density at radius 1 is 1.23 bits per heavy atom. The monoisotopic (exact) mass is 454 g/mol. The van der Waals surface area contributed by atoms with Gasteiger partial charge in [0.05, 0.1) is 16.7 Å². The van der Waals surface area contributed by atoms with Crippen molar-refractivity contribution in [2.45, 2.75) is 22.3 Å². The van der Waals surface area contributed by atoms with Crippen molar-refractivity contribution in [2.75, 3.05) is 11.9 Å². The normalized spacial score (nSPS) is 23.0. The van der Waals surface area contributed by atoms with Crippen LogP contribution in [0, 0.1) is 12.4 Å². The highest BCUT2D eigenvalue weighted by Crippen LogP contribution is 2.48. The van der Waals surface area contributed by atoms with E-state index in [2.05, 4.69) is 15.1 Å². The van der Waals surface area contributed by atoms with E-state index in [1.807, 2.05) is 0 Å². The van der Waals surface area contributed by atoms with Gasteiger partial charge in [0.25, 0.3) is 16.2 Å². The average Bonchev–Trinajstić information content (AvgIpc) is 3.47. The predicted octanol–water partition coefficient (Wildman–Crippen LogP) is 3.48. The van der Waals surface area contributed by atoms with Gasteiger partial charge in [-0.3, -0.25) is 9.64 Å². The lowest BCUT2D eigenvalue weighted by Gasteiger charge is -2.20. The highest BCUT2D eigenvalue weighted by atomic mass is 32.2. The number of rotatable bonds is 3. The number of thiazole rings is 1. The molecule has 2 aromatic carbocycles. The molecule has 5 rings (SSSR count). The van der Waals surface area contributed by atoms with Crippen LogP contribution in [-0.4, -0.2) is 36.3 Å². The molecule has 2 aliphatic rings. The first kappa shape index (κ1) is 19.8. The van der Waals surface area contributed by atoms with E-state index in [9.17, 15) is 17.6 Å². The molecule has 1 amide bonds. The maximum absolute atomic E-state index is 13.4. The van der Waals surface area contributed by atoms with Crippen LogP contribution in [0.15, 0.2) is 59.1 Å². The third kappa shape index (κ3) is 2.96. The van der Waals surface area contributed by atoms with Gasteiger partial charge in [-0.2, -0.15) is 0 Å². The Labute approximate surface area is 182 Å². The van der Waals surface area contributed by atoms with Crippen LogP contribution >= 0.6 is 11.3 Å². The standard InChI is InChI=1S/C21H15FN4O3S2/c1-23-18-10-21(15-4-2-3-5-16(15)25-19(21)27)12-26(18)31(28,29)20-24-11-17(30-20)13-6-8-14(22)9-7-13/h2-9,11,18H,10,12H2,(H,25,27)/t18-,21-/m0/s1. The number of carbonyl (C=O) groups excluding carboxylic acids is 1. The number of nitrogens with one attached hydrogen (secondary N) is 1. The van der Waals surface area contributed by atoms with Crippen molar-refractivity contribution in [2.24, 2.45) is 0 Å². The second-order valence-electron chi connectivity index (χ2n) is 7.44. The molecule has 31 heavy (non-hydrogen) atoms. The summed E-state index contributed by atoms with van der Waals surface area (Å²) in [5.74, 6) is -0.690. The van der Waals surface area contributed by atoms with Crippen molar-refractivity contribution >= 4 is 33.0 Å². The lowest BCUT2D eigenvalue weighted by atomic mass is 9.80. The molecule has 156 valence electrons. The zero-order valence-electron chi connectivity index (χ0n) is 15.9. The number of benzene rings is 2. The second-order valence-corrected chi connectivity index (χ2v) is 10.5. The van der Waals surface area contributed by atoms with E-state index >= 15 is 0 Å². The Hall–Kier alpha value is -3.13. The third-order valence-corrected chi connectivity index (χ3v) is 8.97. The van der Waals surface area contributed by atoms with Gasteiger partial charge in [0, 0.05) is 18.4 Å². The summed E-state index contributed by atoms with van der Waals surface area (Å²) >= 11 is 0.949. The van der Waals surface area contributed by atoms with Gasteiger partial charge in [-0.05, 0) is 29.3 Å². The van der Waals surface area contributed by atoms with E-state index in [1.165, 1.54) is 18.3 Å². The van der Waals surface area contributed by atoms with Crippen LogP contribution in [0.4, 0.5) is 10.1 Å². The minimum absolute atomic E-state index is 0.0781. The van der Waals surface area contributed by atoms with Crippen molar-refractivity contribution in [1.82, 2.24) is 9.29 Å². The molecule has 1 N–H and O–H groups in total. The fourth-order valence-corrected chi connectivity index (χ4v) is 7.01. The number of anilines is 1. The maximum Gasteiger partial charge on any atom is 0.293 e. The molecule has 1 spiro atoms. The number of hydrogen-bond acceptors (Lipinski definition) is 5. The van der Waals surface area contributed by atoms with Crippen LogP contribution in [0.25, 0.3) is 15.3 Å². The van der Waals surface area contributed by atoms with E-state index < -0.39 is 27.4 Å². The molecule has 0 bridgehead atoms. The van der Waals surface area contributed by atoms with Gasteiger partial charge in [0.15, 0.2) is 0 Å². The number of halogens is 1. The zero-order valence-corrected chi connectivity index (χ0v) is 17.6. The zero-order chi connectivity index (χ0) is 21.8. The maximum atomic E-state index is 13.4. The number of aromatic nitrogens is 1. The Kier molecular flexibility index (Phi) is 4.44. The van der Waals surface area contributed by atoms with Gasteiger partial charge in [0.2, 0.25) is 10.2 Å². The van der Waals surface area contributed by atoms with Crippen LogP contribution in [0.1, 0.15) is 12.0 Å². The SMILES string of the molecule is [C-]#[N+][C@@H]1C[C@@]2(CN1S(=O)(=O)c1ncc(-c3ccc(F)cc3)s1)C(=O)Nc1ccccc12. The van der Waals surface area contributed by atoms with Crippen molar-refractivity contribution in [3.05, 3.63) is 77.5 Å². The van der Waals surface area contributed by atoms with Crippen LogP contribution in [0.5, 0.6) is 0 Å². The number of carbonyl (C=O) groups is 1. The van der Waals surface area contributed by atoms with Gasteiger partial charge < -0.3 is 5.32 Å². The van der Waals surface area contributed by atoms with E-state index in [0.717, 1.165) is 15.6 Å². The van der Waals surface area contributed by atoms with Gasteiger partial charge >= 0.3 is 0 Å². The Morgan fingerprint density at radius 3 is 2.71 bits per heavy atom. The van der Waals surface area contributed by atoms with Crippen molar-refractivity contribution < 1.29 is 17.6 Å². The summed E-state index contributed by atoms with van der Waals surface area (Å²) in [6, 6.07) is 12.8. The third-order valence-electron chi connectivity index (χ3n) is 5.71. The number of hydrogen-bond donors (Lipinski definition) is 1. The summed E-state index contributed by atoms with van der Waals surface area (Å²) in [6.45, 7) is 7.44. The van der Waals surface area contributed by atoms with E-state index in [0.29, 0.717) is 21.7 Å². The Bertz CT molecular complexity index is 1350. The van der Waals surface area contributed by atoms with Gasteiger partial charge in [-0.25, -0.2) is 24.4 Å². The fourth-order valence-electron chi connectivity index (χ4n) is 4.16. The number of para-hydroxylation sites is 1. The van der Waals surface area contributed by atoms with Crippen molar-refractivity contribution in [3.63, 3.8) is 0 Å². The van der Waals surface area contributed by atoms with E-state index in [1.54, 1.807) is 36.4 Å². The molecular weight excluding hydrogens is 439 g/mol. The molecule has 2 aliphatic heterocycles. The molecule has 10 heteroatoms. The topological polar surface area (TPSA) is 83.7 Å². The summed E-state index contributed by atoms with van der Waals surface area (Å²) in [4.78, 5) is 21.0. The molecule has 3 aromatic rings. The van der Waals surface area contributed by atoms with Gasteiger partial charge in [-0.15, -0.1) is 15.6 Å². The highest BCUT2D eigenvalue weighted by molar-refractivity contribution is 7.91. The fraction of sp³-hybridized carbons (Fsp3) is 0.190. The smallest absolute Gasteiger partial charge is 0.293 e.